The predicted molar refractivity (Wildman–Crippen MR) is 158 cm³/mol. The largest absolute Gasteiger partial charge is 0.466 e. The van der Waals surface area contributed by atoms with Gasteiger partial charge < -0.3 is 10.1 Å². The topological polar surface area (TPSA) is 55.4 Å². The molecule has 37 heavy (non-hydrogen) atoms. The van der Waals surface area contributed by atoms with E-state index in [0.29, 0.717) is 25.2 Å². The van der Waals surface area contributed by atoms with Gasteiger partial charge in [0.15, 0.2) is 0 Å². The van der Waals surface area contributed by atoms with Crippen LogP contribution < -0.4 is 5.32 Å². The summed E-state index contributed by atoms with van der Waals surface area (Å²) < 4.78 is 5.48. The fraction of sp³-hybridized carbons (Fsp3) is 0.438. The first-order valence-electron chi connectivity index (χ1n) is 13.9. The van der Waals surface area contributed by atoms with Crippen molar-refractivity contribution in [3.05, 3.63) is 60.2 Å². The van der Waals surface area contributed by atoms with Gasteiger partial charge in [-0.1, -0.05) is 86.7 Å². The number of hydrogen-bond acceptors (Lipinski definition) is 4. The second-order valence-electron chi connectivity index (χ2n) is 9.95. The van der Waals surface area contributed by atoms with Crippen molar-refractivity contribution in [1.29, 1.82) is 0 Å². The number of carbonyl (C=O) groups excluding carboxylic acids is 2. The first-order valence-corrected chi connectivity index (χ1v) is 14.5. The van der Waals surface area contributed by atoms with Gasteiger partial charge in [-0.05, 0) is 69.3 Å². The molecule has 4 aromatic carbocycles. The van der Waals surface area contributed by atoms with Gasteiger partial charge in [-0.25, -0.2) is 0 Å². The van der Waals surface area contributed by atoms with Crippen LogP contribution in [0.5, 0.6) is 0 Å². The number of amides is 1. The number of thiol groups is 1. The number of aryl methyl sites for hydroxylation is 1. The predicted octanol–water partition coefficient (Wildman–Crippen LogP) is 7.62. The molecule has 0 fully saturated rings. The summed E-state index contributed by atoms with van der Waals surface area (Å²) in [5, 5.41) is 10.7. The average Bonchev–Trinajstić information content (AvgIpc) is 2.91. The molecule has 1 N–H and O–H groups in total. The number of benzene rings is 4. The Morgan fingerprint density at radius 1 is 0.703 bits per heavy atom. The van der Waals surface area contributed by atoms with Crippen LogP contribution in [0.2, 0.25) is 0 Å². The van der Waals surface area contributed by atoms with Crippen molar-refractivity contribution in [2.75, 3.05) is 18.9 Å². The lowest BCUT2D eigenvalue weighted by molar-refractivity contribution is -0.143. The molecule has 196 valence electrons. The van der Waals surface area contributed by atoms with E-state index < -0.39 is 0 Å². The number of hydrogen-bond donors (Lipinski definition) is 2. The summed E-state index contributed by atoms with van der Waals surface area (Å²) in [4.78, 5) is 23.6. The lowest BCUT2D eigenvalue weighted by Gasteiger charge is -2.14. The summed E-state index contributed by atoms with van der Waals surface area (Å²) in [7, 11) is 0. The van der Waals surface area contributed by atoms with Crippen molar-refractivity contribution in [1.82, 2.24) is 5.32 Å². The van der Waals surface area contributed by atoms with Crippen molar-refractivity contribution < 1.29 is 14.3 Å². The maximum absolute atomic E-state index is 12.2. The summed E-state index contributed by atoms with van der Waals surface area (Å²) in [6.07, 6.45) is 10.4. The van der Waals surface area contributed by atoms with Gasteiger partial charge in [0, 0.05) is 19.4 Å². The van der Waals surface area contributed by atoms with E-state index in [1.54, 1.807) is 0 Å². The highest BCUT2D eigenvalue weighted by Gasteiger charge is 2.11. The summed E-state index contributed by atoms with van der Waals surface area (Å²) >= 11 is 4.06. The summed E-state index contributed by atoms with van der Waals surface area (Å²) in [6.45, 7) is 1.29. The van der Waals surface area contributed by atoms with E-state index in [-0.39, 0.29) is 11.9 Å². The zero-order valence-electron chi connectivity index (χ0n) is 21.8. The summed E-state index contributed by atoms with van der Waals surface area (Å²) in [5.41, 5.74) is 1.30. The first-order chi connectivity index (χ1) is 18.2. The van der Waals surface area contributed by atoms with E-state index in [4.69, 9.17) is 4.74 Å². The lowest BCUT2D eigenvalue weighted by atomic mass is 9.90. The molecule has 4 nitrogen and oxygen atoms in total. The van der Waals surface area contributed by atoms with Gasteiger partial charge in [0.1, 0.15) is 0 Å². The van der Waals surface area contributed by atoms with E-state index in [1.165, 1.54) is 50.7 Å². The molecule has 5 heteroatoms. The minimum absolute atomic E-state index is 0.0855. The second kappa shape index (κ2) is 14.2. The molecule has 0 aliphatic heterocycles. The van der Waals surface area contributed by atoms with Crippen molar-refractivity contribution in [2.24, 2.45) is 0 Å². The smallest absolute Gasteiger partial charge is 0.305 e. The minimum Gasteiger partial charge on any atom is -0.466 e. The highest BCUT2D eigenvalue weighted by Crippen LogP contribution is 2.36. The molecule has 0 aliphatic rings. The van der Waals surface area contributed by atoms with Gasteiger partial charge in [-0.2, -0.15) is 12.6 Å². The van der Waals surface area contributed by atoms with Crippen LogP contribution in [-0.4, -0.2) is 30.8 Å². The van der Waals surface area contributed by atoms with E-state index in [0.717, 1.165) is 51.5 Å². The molecule has 1 amide bonds. The molecule has 0 heterocycles. The molecule has 0 atom stereocenters. The average molecular weight is 518 g/mol. The standard InChI is InChI=1S/C32H39NO3S/c34-29(20-23-37)33-21-6-4-2-1-3-5-7-22-36-30(35)13-9-10-24-14-15-27-17-16-25-11-8-12-26-18-19-28(24)32(27)31(25)26/h8,11-12,14-19,37H,1-7,9-10,13,20-23H2,(H,33,34). The van der Waals surface area contributed by atoms with Crippen molar-refractivity contribution in [3.8, 4) is 0 Å². The highest BCUT2D eigenvalue weighted by atomic mass is 32.1. The van der Waals surface area contributed by atoms with Crippen LogP contribution in [-0.2, 0) is 20.7 Å². The number of ether oxygens (including phenoxy) is 1. The Bertz CT molecular complexity index is 1290. The zero-order valence-corrected chi connectivity index (χ0v) is 22.7. The Kier molecular flexibility index (Phi) is 10.5. The second-order valence-corrected chi connectivity index (χ2v) is 10.4. The van der Waals surface area contributed by atoms with Crippen molar-refractivity contribution >= 4 is 56.8 Å². The Labute approximate surface area is 225 Å². The molecule has 0 bridgehead atoms. The molecular weight excluding hydrogens is 478 g/mol. The normalized spacial score (nSPS) is 11.5. The van der Waals surface area contributed by atoms with E-state index in [2.05, 4.69) is 72.5 Å². The maximum Gasteiger partial charge on any atom is 0.305 e. The number of carbonyl (C=O) groups is 2. The molecule has 0 unspecified atom stereocenters. The van der Waals surface area contributed by atoms with Crippen LogP contribution in [0.25, 0.3) is 32.3 Å². The highest BCUT2D eigenvalue weighted by molar-refractivity contribution is 7.80. The Hall–Kier alpha value is -2.79. The third-order valence-electron chi connectivity index (χ3n) is 7.19. The molecular formula is C32H39NO3S. The molecule has 0 aromatic heterocycles. The van der Waals surface area contributed by atoms with E-state index in [9.17, 15) is 9.59 Å². The maximum atomic E-state index is 12.2. The van der Waals surface area contributed by atoms with E-state index in [1.807, 2.05) is 0 Å². The third-order valence-corrected chi connectivity index (χ3v) is 7.41. The molecule has 0 saturated heterocycles. The minimum atomic E-state index is -0.0855. The van der Waals surface area contributed by atoms with Crippen LogP contribution in [0.15, 0.2) is 54.6 Å². The molecule has 4 rings (SSSR count). The molecule has 0 radical (unpaired) electrons. The van der Waals surface area contributed by atoms with Crippen LogP contribution in [0, 0.1) is 0 Å². The van der Waals surface area contributed by atoms with Crippen LogP contribution >= 0.6 is 12.6 Å². The first kappa shape index (κ1) is 27.3. The lowest BCUT2D eigenvalue weighted by Crippen LogP contribution is -2.24. The van der Waals surface area contributed by atoms with Crippen molar-refractivity contribution in [2.45, 2.75) is 70.6 Å². The van der Waals surface area contributed by atoms with Crippen LogP contribution in [0.1, 0.15) is 69.8 Å². The number of nitrogens with one attached hydrogen (secondary N) is 1. The molecule has 0 saturated carbocycles. The van der Waals surface area contributed by atoms with Gasteiger partial charge in [-0.3, -0.25) is 9.59 Å². The Morgan fingerprint density at radius 3 is 2.11 bits per heavy atom. The number of unbranched alkanes of at least 4 members (excludes halogenated alkanes) is 6. The quantitative estimate of drug-likeness (QED) is 0.0696. The molecule has 4 aromatic rings. The fourth-order valence-corrected chi connectivity index (χ4v) is 5.43. The van der Waals surface area contributed by atoms with Gasteiger partial charge in [-0.15, -0.1) is 0 Å². The molecule has 0 spiro atoms. The van der Waals surface area contributed by atoms with Crippen LogP contribution in [0.3, 0.4) is 0 Å². The fourth-order valence-electron chi connectivity index (χ4n) is 5.22. The van der Waals surface area contributed by atoms with Gasteiger partial charge in [0.25, 0.3) is 0 Å². The SMILES string of the molecule is O=C(CCS)NCCCCCCCCCOC(=O)CCCc1ccc2ccc3cccc4ccc1c2c34. The van der Waals surface area contributed by atoms with Gasteiger partial charge >= 0.3 is 5.97 Å². The van der Waals surface area contributed by atoms with Gasteiger partial charge in [0.05, 0.1) is 6.61 Å². The monoisotopic (exact) mass is 517 g/mol. The zero-order chi connectivity index (χ0) is 25.9. The van der Waals surface area contributed by atoms with Crippen LogP contribution in [0.4, 0.5) is 0 Å². The molecule has 0 aliphatic carbocycles. The Balaban J connectivity index is 1.10. The number of rotatable bonds is 16. The third kappa shape index (κ3) is 7.61. The Morgan fingerprint density at radius 2 is 1.35 bits per heavy atom. The summed E-state index contributed by atoms with van der Waals surface area (Å²) in [5.74, 6) is 0.610. The van der Waals surface area contributed by atoms with Gasteiger partial charge in [0.2, 0.25) is 5.91 Å². The summed E-state index contributed by atoms with van der Waals surface area (Å²) in [6, 6.07) is 19.8. The number of esters is 1. The van der Waals surface area contributed by atoms with E-state index >= 15 is 0 Å². The van der Waals surface area contributed by atoms with Crippen molar-refractivity contribution in [3.63, 3.8) is 0 Å².